The Morgan fingerprint density at radius 1 is 1.25 bits per heavy atom. The number of amides is 1. The van der Waals surface area contributed by atoms with Crippen LogP contribution in [0.3, 0.4) is 0 Å². The molecular weight excluding hydrogens is 202 g/mol. The molecule has 16 heavy (non-hydrogen) atoms. The molecule has 1 fully saturated rings. The van der Waals surface area contributed by atoms with Crippen LogP contribution in [0.4, 0.5) is 0 Å². The van der Waals surface area contributed by atoms with Gasteiger partial charge in [-0.05, 0) is 38.0 Å². The fourth-order valence-electron chi connectivity index (χ4n) is 2.39. The lowest BCUT2D eigenvalue weighted by atomic mass is 9.85. The lowest BCUT2D eigenvalue weighted by Crippen LogP contribution is -2.25. The van der Waals surface area contributed by atoms with E-state index >= 15 is 0 Å². The number of rotatable bonds is 7. The van der Waals surface area contributed by atoms with Gasteiger partial charge in [0.25, 0.3) is 0 Å². The second-order valence-electron chi connectivity index (χ2n) is 4.89. The molecule has 0 radical (unpaired) electrons. The maximum absolute atomic E-state index is 10.8. The van der Waals surface area contributed by atoms with Crippen LogP contribution in [0.5, 0.6) is 0 Å². The highest BCUT2D eigenvalue weighted by Crippen LogP contribution is 2.28. The van der Waals surface area contributed by atoms with Gasteiger partial charge in [-0.3, -0.25) is 4.79 Å². The largest absolute Gasteiger partial charge is 0.378 e. The molecule has 0 bridgehead atoms. The number of unbranched alkanes of at least 4 members (excludes halogenated alkanes) is 2. The number of carbonyl (C=O) groups excluding carboxylic acids is 1. The van der Waals surface area contributed by atoms with Crippen LogP contribution in [0.2, 0.25) is 0 Å². The van der Waals surface area contributed by atoms with Crippen LogP contribution in [-0.2, 0) is 9.53 Å². The third-order valence-corrected chi connectivity index (χ3v) is 3.39. The zero-order chi connectivity index (χ0) is 11.8. The van der Waals surface area contributed by atoms with Gasteiger partial charge in [0.1, 0.15) is 0 Å². The highest BCUT2D eigenvalue weighted by molar-refractivity contribution is 5.73. The number of nitrogens with two attached hydrogens (primary N) is 1. The van der Waals surface area contributed by atoms with Crippen molar-refractivity contribution in [1.29, 1.82) is 0 Å². The minimum atomic E-state index is -0.160. The van der Waals surface area contributed by atoms with Gasteiger partial charge in [-0.1, -0.05) is 19.8 Å². The van der Waals surface area contributed by atoms with Crippen molar-refractivity contribution in [3.8, 4) is 0 Å². The Labute approximate surface area is 98.7 Å². The van der Waals surface area contributed by atoms with Crippen molar-refractivity contribution in [2.45, 2.75) is 64.4 Å². The standard InChI is InChI=1S/C13H25NO2/c1-2-3-4-9-16-12-7-5-11(6-8-12)10-13(14)15/h11-12H,2-10H2,1H3,(H2,14,15). The molecule has 1 aliphatic rings. The zero-order valence-corrected chi connectivity index (χ0v) is 10.4. The average molecular weight is 227 g/mol. The van der Waals surface area contributed by atoms with Crippen molar-refractivity contribution >= 4 is 5.91 Å². The van der Waals surface area contributed by atoms with Crippen molar-refractivity contribution in [3.63, 3.8) is 0 Å². The van der Waals surface area contributed by atoms with E-state index in [2.05, 4.69) is 6.92 Å². The maximum Gasteiger partial charge on any atom is 0.217 e. The van der Waals surface area contributed by atoms with Gasteiger partial charge in [0.15, 0.2) is 0 Å². The SMILES string of the molecule is CCCCCOC1CCC(CC(N)=O)CC1. The lowest BCUT2D eigenvalue weighted by molar-refractivity contribution is -0.119. The number of ether oxygens (including phenoxy) is 1. The van der Waals surface area contributed by atoms with Crippen LogP contribution in [-0.4, -0.2) is 18.6 Å². The molecule has 1 aliphatic carbocycles. The predicted molar refractivity (Wildman–Crippen MR) is 65.0 cm³/mol. The Morgan fingerprint density at radius 3 is 2.50 bits per heavy atom. The third-order valence-electron chi connectivity index (χ3n) is 3.39. The second-order valence-corrected chi connectivity index (χ2v) is 4.89. The second kappa shape index (κ2) is 7.66. The fraction of sp³-hybridized carbons (Fsp3) is 0.923. The smallest absolute Gasteiger partial charge is 0.217 e. The molecular formula is C13H25NO2. The first-order valence-electron chi connectivity index (χ1n) is 6.62. The molecule has 0 aromatic carbocycles. The van der Waals surface area contributed by atoms with E-state index in [1.165, 1.54) is 19.3 Å². The van der Waals surface area contributed by atoms with Crippen molar-refractivity contribution in [2.24, 2.45) is 11.7 Å². The van der Waals surface area contributed by atoms with E-state index in [1.807, 2.05) is 0 Å². The van der Waals surface area contributed by atoms with E-state index in [1.54, 1.807) is 0 Å². The first-order chi connectivity index (χ1) is 7.72. The van der Waals surface area contributed by atoms with E-state index in [0.717, 1.165) is 32.3 Å². The summed E-state index contributed by atoms with van der Waals surface area (Å²) in [6.07, 6.45) is 9.07. The highest BCUT2D eigenvalue weighted by Gasteiger charge is 2.22. The van der Waals surface area contributed by atoms with Crippen LogP contribution in [0.25, 0.3) is 0 Å². The molecule has 0 heterocycles. The molecule has 0 atom stereocenters. The average Bonchev–Trinajstić information content (AvgIpc) is 2.26. The monoisotopic (exact) mass is 227 g/mol. The molecule has 1 rings (SSSR count). The summed E-state index contributed by atoms with van der Waals surface area (Å²) in [5.74, 6) is 0.348. The van der Waals surface area contributed by atoms with Gasteiger partial charge in [0, 0.05) is 13.0 Å². The summed E-state index contributed by atoms with van der Waals surface area (Å²) in [6.45, 7) is 3.11. The highest BCUT2D eigenvalue weighted by atomic mass is 16.5. The normalized spacial score (nSPS) is 25.6. The Morgan fingerprint density at radius 2 is 1.94 bits per heavy atom. The van der Waals surface area contributed by atoms with Crippen molar-refractivity contribution in [1.82, 2.24) is 0 Å². The minimum Gasteiger partial charge on any atom is -0.378 e. The summed E-state index contributed by atoms with van der Waals surface area (Å²) in [5.41, 5.74) is 5.20. The molecule has 0 saturated heterocycles. The van der Waals surface area contributed by atoms with Crippen LogP contribution >= 0.6 is 0 Å². The van der Waals surface area contributed by atoms with Crippen LogP contribution < -0.4 is 5.73 Å². The topological polar surface area (TPSA) is 52.3 Å². The Balaban J connectivity index is 2.05. The Bertz CT molecular complexity index is 198. The van der Waals surface area contributed by atoms with Gasteiger partial charge >= 0.3 is 0 Å². The Hall–Kier alpha value is -0.570. The minimum absolute atomic E-state index is 0.160. The number of hydrogen-bond donors (Lipinski definition) is 1. The van der Waals surface area contributed by atoms with Crippen molar-refractivity contribution in [3.05, 3.63) is 0 Å². The van der Waals surface area contributed by atoms with Crippen molar-refractivity contribution in [2.75, 3.05) is 6.61 Å². The molecule has 3 nitrogen and oxygen atoms in total. The predicted octanol–water partition coefficient (Wildman–Crippen LogP) is 2.63. The van der Waals surface area contributed by atoms with Gasteiger partial charge < -0.3 is 10.5 Å². The third kappa shape index (κ3) is 5.50. The van der Waals surface area contributed by atoms with E-state index in [-0.39, 0.29) is 5.91 Å². The van der Waals surface area contributed by atoms with Gasteiger partial charge in [-0.2, -0.15) is 0 Å². The number of carbonyl (C=O) groups is 1. The van der Waals surface area contributed by atoms with E-state index in [4.69, 9.17) is 10.5 Å². The fourth-order valence-corrected chi connectivity index (χ4v) is 2.39. The van der Waals surface area contributed by atoms with Crippen LogP contribution in [0.1, 0.15) is 58.3 Å². The molecule has 0 aromatic rings. The zero-order valence-electron chi connectivity index (χ0n) is 10.4. The van der Waals surface area contributed by atoms with Gasteiger partial charge in [0.2, 0.25) is 5.91 Å². The first-order valence-corrected chi connectivity index (χ1v) is 6.62. The van der Waals surface area contributed by atoms with Gasteiger partial charge in [-0.15, -0.1) is 0 Å². The number of primary amides is 1. The summed E-state index contributed by atoms with van der Waals surface area (Å²) < 4.78 is 5.82. The van der Waals surface area contributed by atoms with Gasteiger partial charge in [0.05, 0.1) is 6.10 Å². The van der Waals surface area contributed by atoms with Gasteiger partial charge in [-0.25, -0.2) is 0 Å². The summed E-state index contributed by atoms with van der Waals surface area (Å²) in [4.78, 5) is 10.8. The Kier molecular flexibility index (Phi) is 6.46. The van der Waals surface area contributed by atoms with E-state index in [0.29, 0.717) is 18.4 Å². The van der Waals surface area contributed by atoms with Crippen LogP contribution in [0, 0.1) is 5.92 Å². The summed E-state index contributed by atoms with van der Waals surface area (Å²) in [7, 11) is 0. The molecule has 94 valence electrons. The molecule has 1 amide bonds. The molecule has 0 spiro atoms. The summed E-state index contributed by atoms with van der Waals surface area (Å²) >= 11 is 0. The molecule has 0 aliphatic heterocycles. The lowest BCUT2D eigenvalue weighted by Gasteiger charge is -2.27. The maximum atomic E-state index is 10.8. The van der Waals surface area contributed by atoms with E-state index < -0.39 is 0 Å². The van der Waals surface area contributed by atoms with Crippen molar-refractivity contribution < 1.29 is 9.53 Å². The molecule has 1 saturated carbocycles. The number of hydrogen-bond acceptors (Lipinski definition) is 2. The first kappa shape index (κ1) is 13.5. The quantitative estimate of drug-likeness (QED) is 0.680. The molecule has 0 unspecified atom stereocenters. The molecule has 2 N–H and O–H groups in total. The molecule has 3 heteroatoms. The summed E-state index contributed by atoms with van der Waals surface area (Å²) in [6, 6.07) is 0. The van der Waals surface area contributed by atoms with E-state index in [9.17, 15) is 4.79 Å². The molecule has 0 aromatic heterocycles. The van der Waals surface area contributed by atoms with Crippen LogP contribution in [0.15, 0.2) is 0 Å². The summed E-state index contributed by atoms with van der Waals surface area (Å²) in [5, 5.41) is 0.